The molecule has 2 heterocycles. The Morgan fingerprint density at radius 3 is 2.52 bits per heavy atom. The van der Waals surface area contributed by atoms with E-state index in [1.165, 1.54) is 6.07 Å². The maximum atomic E-state index is 12.9. The minimum absolute atomic E-state index is 0.193. The van der Waals surface area contributed by atoms with Gasteiger partial charge in [-0.25, -0.2) is 4.98 Å². The van der Waals surface area contributed by atoms with Crippen LogP contribution in [-0.2, 0) is 9.53 Å². The molecule has 2 N–H and O–H groups in total. The fourth-order valence-electron chi connectivity index (χ4n) is 3.28. The average Bonchev–Trinajstić information content (AvgIpc) is 2.74. The Balaban J connectivity index is 1.67. The van der Waals surface area contributed by atoms with Gasteiger partial charge in [-0.05, 0) is 42.7 Å². The molecule has 2 aromatic rings. The Morgan fingerprint density at radius 2 is 1.90 bits per heavy atom. The quantitative estimate of drug-likeness (QED) is 0.646. The molecule has 1 aromatic heterocycles. The van der Waals surface area contributed by atoms with Crippen LogP contribution in [0.3, 0.4) is 0 Å². The SMILES string of the molecule is CC(C)CC(NC(=O)c1ccc(Cl)cc1Cl)C(=O)Nc1ccc(N2CCOCC2)nc1. The molecule has 1 atom stereocenters. The molecular weight excluding hydrogens is 439 g/mol. The van der Waals surface area contributed by atoms with Crippen molar-refractivity contribution < 1.29 is 14.3 Å². The molecule has 0 aliphatic carbocycles. The molecule has 1 aliphatic rings. The maximum absolute atomic E-state index is 12.9. The lowest BCUT2D eigenvalue weighted by molar-refractivity contribution is -0.118. The zero-order chi connectivity index (χ0) is 22.4. The van der Waals surface area contributed by atoms with Gasteiger partial charge in [0.2, 0.25) is 5.91 Å². The number of ether oxygens (including phenoxy) is 1. The molecule has 1 aromatic carbocycles. The lowest BCUT2D eigenvalue weighted by Gasteiger charge is -2.27. The van der Waals surface area contributed by atoms with E-state index in [2.05, 4.69) is 20.5 Å². The highest BCUT2D eigenvalue weighted by atomic mass is 35.5. The number of carbonyl (C=O) groups excluding carboxylic acids is 2. The number of carbonyl (C=O) groups is 2. The van der Waals surface area contributed by atoms with Gasteiger partial charge in [-0.1, -0.05) is 37.0 Å². The standard InChI is InChI=1S/C22H26Cl2N4O3/c1-14(2)11-19(27-21(29)17-5-3-15(23)12-18(17)24)22(30)26-16-4-6-20(25-13-16)28-7-9-31-10-8-28/h3-6,12-14,19H,7-11H2,1-2H3,(H,26,30)(H,27,29). The molecule has 3 rings (SSSR count). The minimum Gasteiger partial charge on any atom is -0.378 e. The summed E-state index contributed by atoms with van der Waals surface area (Å²) in [6.07, 6.45) is 2.09. The molecule has 31 heavy (non-hydrogen) atoms. The summed E-state index contributed by atoms with van der Waals surface area (Å²) in [5.74, 6) is 0.292. The summed E-state index contributed by atoms with van der Waals surface area (Å²) in [5, 5.41) is 6.30. The lowest BCUT2D eigenvalue weighted by atomic mass is 10.0. The Hall–Kier alpha value is -2.35. The first-order valence-corrected chi connectivity index (χ1v) is 10.9. The third-order valence-electron chi connectivity index (χ3n) is 4.86. The van der Waals surface area contributed by atoms with Crippen LogP contribution in [0.1, 0.15) is 30.6 Å². The smallest absolute Gasteiger partial charge is 0.253 e. The number of hydrogen-bond acceptors (Lipinski definition) is 5. The zero-order valence-electron chi connectivity index (χ0n) is 17.5. The van der Waals surface area contributed by atoms with Crippen molar-refractivity contribution in [3.05, 3.63) is 52.1 Å². The Kier molecular flexibility index (Phi) is 8.12. The van der Waals surface area contributed by atoms with Crippen molar-refractivity contribution in [2.45, 2.75) is 26.3 Å². The fraction of sp³-hybridized carbons (Fsp3) is 0.409. The molecule has 166 valence electrons. The summed E-state index contributed by atoms with van der Waals surface area (Å²) >= 11 is 12.0. The highest BCUT2D eigenvalue weighted by Crippen LogP contribution is 2.22. The summed E-state index contributed by atoms with van der Waals surface area (Å²) in [4.78, 5) is 32.2. The van der Waals surface area contributed by atoms with Crippen molar-refractivity contribution >= 4 is 46.5 Å². The van der Waals surface area contributed by atoms with Crippen molar-refractivity contribution in [2.24, 2.45) is 5.92 Å². The molecule has 1 saturated heterocycles. The van der Waals surface area contributed by atoms with Gasteiger partial charge in [-0.15, -0.1) is 0 Å². The molecule has 1 unspecified atom stereocenters. The van der Waals surface area contributed by atoms with E-state index < -0.39 is 11.9 Å². The van der Waals surface area contributed by atoms with E-state index >= 15 is 0 Å². The summed E-state index contributed by atoms with van der Waals surface area (Å²) in [7, 11) is 0. The van der Waals surface area contributed by atoms with Crippen molar-refractivity contribution in [3.63, 3.8) is 0 Å². The Morgan fingerprint density at radius 1 is 1.16 bits per heavy atom. The normalized spacial score (nSPS) is 14.9. The maximum Gasteiger partial charge on any atom is 0.253 e. The predicted molar refractivity (Wildman–Crippen MR) is 123 cm³/mol. The molecule has 0 saturated carbocycles. The molecule has 0 spiro atoms. The van der Waals surface area contributed by atoms with Gasteiger partial charge in [0.1, 0.15) is 11.9 Å². The molecule has 0 bridgehead atoms. The number of amides is 2. The van der Waals surface area contributed by atoms with E-state index in [0.29, 0.717) is 30.3 Å². The van der Waals surface area contributed by atoms with Gasteiger partial charge in [0.25, 0.3) is 5.91 Å². The number of morpholine rings is 1. The summed E-state index contributed by atoms with van der Waals surface area (Å²) < 4.78 is 5.36. The number of rotatable bonds is 7. The van der Waals surface area contributed by atoms with E-state index in [1.807, 2.05) is 19.9 Å². The third-order valence-corrected chi connectivity index (χ3v) is 5.40. The van der Waals surface area contributed by atoms with Crippen molar-refractivity contribution in [1.82, 2.24) is 10.3 Å². The molecule has 2 amide bonds. The van der Waals surface area contributed by atoms with Gasteiger partial charge in [-0.3, -0.25) is 9.59 Å². The van der Waals surface area contributed by atoms with Crippen LogP contribution in [0.5, 0.6) is 0 Å². The lowest BCUT2D eigenvalue weighted by Crippen LogP contribution is -2.44. The summed E-state index contributed by atoms with van der Waals surface area (Å²) in [6, 6.07) is 7.57. The van der Waals surface area contributed by atoms with Crippen molar-refractivity contribution in [2.75, 3.05) is 36.5 Å². The number of aromatic nitrogens is 1. The minimum atomic E-state index is -0.724. The number of nitrogens with one attached hydrogen (secondary N) is 2. The van der Waals surface area contributed by atoms with Gasteiger partial charge in [0.05, 0.1) is 35.7 Å². The van der Waals surface area contributed by atoms with E-state index in [4.69, 9.17) is 27.9 Å². The number of benzene rings is 1. The summed E-state index contributed by atoms with van der Waals surface area (Å²) in [6.45, 7) is 6.90. The zero-order valence-corrected chi connectivity index (χ0v) is 19.0. The molecule has 1 aliphatic heterocycles. The predicted octanol–water partition coefficient (Wildman–Crippen LogP) is 4.01. The van der Waals surface area contributed by atoms with E-state index in [0.717, 1.165) is 18.9 Å². The van der Waals surface area contributed by atoms with Crippen LogP contribution in [0.4, 0.5) is 11.5 Å². The topological polar surface area (TPSA) is 83.6 Å². The largest absolute Gasteiger partial charge is 0.378 e. The van der Waals surface area contributed by atoms with Crippen LogP contribution in [0.2, 0.25) is 10.0 Å². The average molecular weight is 465 g/mol. The second kappa shape index (κ2) is 10.8. The molecule has 1 fully saturated rings. The highest BCUT2D eigenvalue weighted by molar-refractivity contribution is 6.36. The number of halogens is 2. The number of anilines is 2. The first kappa shape index (κ1) is 23.3. The number of nitrogens with zero attached hydrogens (tertiary/aromatic N) is 2. The van der Waals surface area contributed by atoms with Crippen LogP contribution in [0.15, 0.2) is 36.5 Å². The van der Waals surface area contributed by atoms with Gasteiger partial charge < -0.3 is 20.3 Å². The molecule has 0 radical (unpaired) electrons. The molecule has 7 nitrogen and oxygen atoms in total. The van der Waals surface area contributed by atoms with Crippen molar-refractivity contribution in [1.29, 1.82) is 0 Å². The molecule has 9 heteroatoms. The van der Waals surface area contributed by atoms with Crippen LogP contribution < -0.4 is 15.5 Å². The highest BCUT2D eigenvalue weighted by Gasteiger charge is 2.24. The summed E-state index contributed by atoms with van der Waals surface area (Å²) in [5.41, 5.74) is 0.832. The van der Waals surface area contributed by atoms with Gasteiger partial charge >= 0.3 is 0 Å². The van der Waals surface area contributed by atoms with Gasteiger partial charge in [0, 0.05) is 18.1 Å². The van der Waals surface area contributed by atoms with E-state index in [-0.39, 0.29) is 22.4 Å². The van der Waals surface area contributed by atoms with Crippen molar-refractivity contribution in [3.8, 4) is 0 Å². The van der Waals surface area contributed by atoms with Gasteiger partial charge in [-0.2, -0.15) is 0 Å². The third kappa shape index (κ3) is 6.56. The fourth-order valence-corrected chi connectivity index (χ4v) is 3.78. The van der Waals surface area contributed by atoms with Gasteiger partial charge in [0.15, 0.2) is 0 Å². The first-order chi connectivity index (χ1) is 14.8. The van der Waals surface area contributed by atoms with E-state index in [1.54, 1.807) is 24.4 Å². The van der Waals surface area contributed by atoms with Crippen LogP contribution in [-0.4, -0.2) is 49.1 Å². The Bertz CT molecular complexity index is 915. The number of pyridine rings is 1. The number of hydrogen-bond donors (Lipinski definition) is 2. The monoisotopic (exact) mass is 464 g/mol. The van der Waals surface area contributed by atoms with E-state index in [9.17, 15) is 9.59 Å². The van der Waals surface area contributed by atoms with Crippen LogP contribution in [0.25, 0.3) is 0 Å². The molecular formula is C22H26Cl2N4O3. The first-order valence-electron chi connectivity index (χ1n) is 10.2. The Labute approximate surface area is 192 Å². The second-order valence-electron chi connectivity index (χ2n) is 7.77. The van der Waals surface area contributed by atoms with Crippen LogP contribution >= 0.6 is 23.2 Å². The second-order valence-corrected chi connectivity index (χ2v) is 8.62. The van der Waals surface area contributed by atoms with Crippen LogP contribution in [0, 0.1) is 5.92 Å².